The molecule has 2 heterocycles. The fourth-order valence-corrected chi connectivity index (χ4v) is 2.05. The molecule has 0 unspecified atom stereocenters. The number of anilines is 3. The molecule has 5 nitrogen and oxygen atoms in total. The minimum absolute atomic E-state index is 0.635. The lowest BCUT2D eigenvalue weighted by molar-refractivity contribution is 0.573. The molecule has 1 aromatic rings. The van der Waals surface area contributed by atoms with Crippen LogP contribution in [0.3, 0.4) is 0 Å². The van der Waals surface area contributed by atoms with Gasteiger partial charge in [0, 0.05) is 19.6 Å². The lowest BCUT2D eigenvalue weighted by Crippen LogP contribution is -2.31. The first kappa shape index (κ1) is 11.7. The standard InChI is InChI=1S/C12H19N5/c1-2-6-14-11-10(13)12(16-9-15-11)17-7-4-3-5-8-17/h2,9H,1,3-8,13H2,(H,14,15,16). The summed E-state index contributed by atoms with van der Waals surface area (Å²) in [6.07, 6.45) is 7.05. The van der Waals surface area contributed by atoms with Crippen LogP contribution >= 0.6 is 0 Å². The third-order valence-corrected chi connectivity index (χ3v) is 2.93. The highest BCUT2D eigenvalue weighted by Crippen LogP contribution is 2.27. The van der Waals surface area contributed by atoms with Crippen molar-refractivity contribution < 1.29 is 0 Å². The molecule has 1 fully saturated rings. The Bertz CT molecular complexity index is 384. The van der Waals surface area contributed by atoms with Crippen LogP contribution in [0.1, 0.15) is 19.3 Å². The summed E-state index contributed by atoms with van der Waals surface area (Å²) in [6, 6.07) is 0. The average molecular weight is 233 g/mol. The van der Waals surface area contributed by atoms with E-state index in [4.69, 9.17) is 5.73 Å². The molecule has 0 atom stereocenters. The Kier molecular flexibility index (Phi) is 3.80. The Labute approximate surface area is 102 Å². The minimum atomic E-state index is 0.635. The molecule has 5 heteroatoms. The Balaban J connectivity index is 2.18. The Morgan fingerprint density at radius 1 is 1.35 bits per heavy atom. The van der Waals surface area contributed by atoms with Gasteiger partial charge in [0.2, 0.25) is 0 Å². The maximum absolute atomic E-state index is 6.09. The highest BCUT2D eigenvalue weighted by atomic mass is 15.2. The summed E-state index contributed by atoms with van der Waals surface area (Å²) < 4.78 is 0. The zero-order valence-electron chi connectivity index (χ0n) is 10.0. The van der Waals surface area contributed by atoms with E-state index >= 15 is 0 Å². The zero-order chi connectivity index (χ0) is 12.1. The molecule has 92 valence electrons. The normalized spacial score (nSPS) is 15.6. The molecule has 2 rings (SSSR count). The highest BCUT2D eigenvalue weighted by Gasteiger charge is 2.16. The summed E-state index contributed by atoms with van der Waals surface area (Å²) in [5, 5.41) is 3.12. The van der Waals surface area contributed by atoms with Crippen molar-refractivity contribution in [3.8, 4) is 0 Å². The first-order chi connectivity index (χ1) is 8.33. The predicted octanol–water partition coefficient (Wildman–Crippen LogP) is 1.65. The maximum Gasteiger partial charge on any atom is 0.157 e. The molecular formula is C12H19N5. The number of nitrogens with one attached hydrogen (secondary N) is 1. The summed E-state index contributed by atoms with van der Waals surface area (Å²) in [6.45, 7) is 6.37. The van der Waals surface area contributed by atoms with Crippen LogP contribution in [-0.4, -0.2) is 29.6 Å². The predicted molar refractivity (Wildman–Crippen MR) is 71.2 cm³/mol. The Morgan fingerprint density at radius 2 is 2.12 bits per heavy atom. The van der Waals surface area contributed by atoms with E-state index in [1.54, 1.807) is 12.4 Å². The van der Waals surface area contributed by atoms with Gasteiger partial charge in [0.25, 0.3) is 0 Å². The first-order valence-electron chi connectivity index (χ1n) is 6.03. The van der Waals surface area contributed by atoms with E-state index in [9.17, 15) is 0 Å². The second-order valence-electron chi connectivity index (χ2n) is 4.18. The Morgan fingerprint density at radius 3 is 2.82 bits per heavy atom. The quantitative estimate of drug-likeness (QED) is 0.774. The van der Waals surface area contributed by atoms with Crippen LogP contribution in [0.2, 0.25) is 0 Å². The van der Waals surface area contributed by atoms with Crippen molar-refractivity contribution in [1.29, 1.82) is 0 Å². The molecule has 0 spiro atoms. The lowest BCUT2D eigenvalue weighted by Gasteiger charge is -2.28. The highest BCUT2D eigenvalue weighted by molar-refractivity contribution is 5.75. The van der Waals surface area contributed by atoms with Gasteiger partial charge in [0.15, 0.2) is 11.6 Å². The van der Waals surface area contributed by atoms with Gasteiger partial charge in [-0.15, -0.1) is 6.58 Å². The molecule has 17 heavy (non-hydrogen) atoms. The molecule has 0 saturated carbocycles. The van der Waals surface area contributed by atoms with E-state index in [1.165, 1.54) is 19.3 Å². The van der Waals surface area contributed by atoms with Crippen LogP contribution in [0, 0.1) is 0 Å². The number of aromatic nitrogens is 2. The van der Waals surface area contributed by atoms with Gasteiger partial charge < -0.3 is 16.0 Å². The fourth-order valence-electron chi connectivity index (χ4n) is 2.05. The second kappa shape index (κ2) is 5.52. The SMILES string of the molecule is C=CCNc1ncnc(N2CCCCC2)c1N. The number of nitrogen functional groups attached to an aromatic ring is 1. The third kappa shape index (κ3) is 2.67. The summed E-state index contributed by atoms with van der Waals surface area (Å²) in [7, 11) is 0. The summed E-state index contributed by atoms with van der Waals surface area (Å²) in [5.74, 6) is 1.55. The molecule has 1 aliphatic heterocycles. The summed E-state index contributed by atoms with van der Waals surface area (Å²) in [5.41, 5.74) is 6.73. The summed E-state index contributed by atoms with van der Waals surface area (Å²) >= 11 is 0. The van der Waals surface area contributed by atoms with Gasteiger partial charge in [0.05, 0.1) is 0 Å². The van der Waals surface area contributed by atoms with Crippen molar-refractivity contribution in [3.05, 3.63) is 19.0 Å². The molecule has 1 aliphatic rings. The summed E-state index contributed by atoms with van der Waals surface area (Å²) in [4.78, 5) is 10.7. The van der Waals surface area contributed by atoms with E-state index in [1.807, 2.05) is 0 Å². The Hall–Kier alpha value is -1.78. The number of nitrogens with two attached hydrogens (primary N) is 1. The smallest absolute Gasteiger partial charge is 0.157 e. The van der Waals surface area contributed by atoms with Gasteiger partial charge in [-0.05, 0) is 19.3 Å². The first-order valence-corrected chi connectivity index (χ1v) is 6.03. The van der Waals surface area contributed by atoms with Crippen LogP contribution in [0.5, 0.6) is 0 Å². The molecule has 0 aliphatic carbocycles. The van der Waals surface area contributed by atoms with Crippen LogP contribution in [-0.2, 0) is 0 Å². The van der Waals surface area contributed by atoms with Crippen molar-refractivity contribution in [2.75, 3.05) is 35.6 Å². The molecule has 0 radical (unpaired) electrons. The molecule has 3 N–H and O–H groups in total. The van der Waals surface area contributed by atoms with Crippen LogP contribution in [0.4, 0.5) is 17.3 Å². The molecule has 1 aromatic heterocycles. The van der Waals surface area contributed by atoms with Crippen LogP contribution in [0.25, 0.3) is 0 Å². The average Bonchev–Trinajstić information content (AvgIpc) is 2.39. The van der Waals surface area contributed by atoms with Gasteiger partial charge in [-0.25, -0.2) is 9.97 Å². The fraction of sp³-hybridized carbons (Fsp3) is 0.500. The molecule has 0 amide bonds. The molecule has 1 saturated heterocycles. The van der Waals surface area contributed by atoms with E-state index in [0.717, 1.165) is 18.9 Å². The van der Waals surface area contributed by atoms with E-state index in [2.05, 4.69) is 26.8 Å². The van der Waals surface area contributed by atoms with Gasteiger partial charge in [0.1, 0.15) is 12.0 Å². The van der Waals surface area contributed by atoms with Gasteiger partial charge in [-0.3, -0.25) is 0 Å². The number of hydrogen-bond donors (Lipinski definition) is 2. The molecule has 0 aromatic carbocycles. The monoisotopic (exact) mass is 233 g/mol. The van der Waals surface area contributed by atoms with Gasteiger partial charge in [-0.1, -0.05) is 6.08 Å². The van der Waals surface area contributed by atoms with Crippen molar-refractivity contribution in [2.45, 2.75) is 19.3 Å². The van der Waals surface area contributed by atoms with Crippen LogP contribution < -0.4 is 16.0 Å². The lowest BCUT2D eigenvalue weighted by atomic mass is 10.1. The molecule has 0 bridgehead atoms. The van der Waals surface area contributed by atoms with Crippen molar-refractivity contribution >= 4 is 17.3 Å². The van der Waals surface area contributed by atoms with E-state index in [0.29, 0.717) is 18.1 Å². The van der Waals surface area contributed by atoms with Gasteiger partial charge in [-0.2, -0.15) is 0 Å². The zero-order valence-corrected chi connectivity index (χ0v) is 10.0. The van der Waals surface area contributed by atoms with E-state index in [-0.39, 0.29) is 0 Å². The van der Waals surface area contributed by atoms with Crippen molar-refractivity contribution in [3.63, 3.8) is 0 Å². The maximum atomic E-state index is 6.09. The largest absolute Gasteiger partial charge is 0.393 e. The van der Waals surface area contributed by atoms with E-state index < -0.39 is 0 Å². The van der Waals surface area contributed by atoms with Crippen LogP contribution in [0.15, 0.2) is 19.0 Å². The van der Waals surface area contributed by atoms with Gasteiger partial charge >= 0.3 is 0 Å². The number of hydrogen-bond acceptors (Lipinski definition) is 5. The minimum Gasteiger partial charge on any atom is -0.393 e. The number of nitrogens with zero attached hydrogens (tertiary/aromatic N) is 3. The second-order valence-corrected chi connectivity index (χ2v) is 4.18. The number of piperidine rings is 1. The third-order valence-electron chi connectivity index (χ3n) is 2.93. The molecular weight excluding hydrogens is 214 g/mol. The number of rotatable bonds is 4. The topological polar surface area (TPSA) is 67.1 Å². The van der Waals surface area contributed by atoms with Crippen molar-refractivity contribution in [2.24, 2.45) is 0 Å². The van der Waals surface area contributed by atoms with Crippen molar-refractivity contribution in [1.82, 2.24) is 9.97 Å².